The van der Waals surface area contributed by atoms with Crippen molar-refractivity contribution in [3.8, 4) is 10.6 Å². The van der Waals surface area contributed by atoms with Crippen LogP contribution >= 0.6 is 23.1 Å². The molecule has 1 amide bonds. The van der Waals surface area contributed by atoms with Gasteiger partial charge in [0.15, 0.2) is 5.60 Å². The molecule has 0 saturated carbocycles. The number of hydrogen-bond donors (Lipinski definition) is 2. The van der Waals surface area contributed by atoms with Gasteiger partial charge in [0.05, 0.1) is 0 Å². The summed E-state index contributed by atoms with van der Waals surface area (Å²) in [7, 11) is 0. The predicted molar refractivity (Wildman–Crippen MR) is 87.8 cm³/mol. The minimum Gasteiger partial charge on any atom is -0.379 e. The van der Waals surface area contributed by atoms with E-state index in [-0.39, 0.29) is 5.91 Å². The second kappa shape index (κ2) is 5.79. The molecule has 2 N–H and O–H groups in total. The summed E-state index contributed by atoms with van der Waals surface area (Å²) < 4.78 is 0. The molecule has 1 unspecified atom stereocenters. The summed E-state index contributed by atoms with van der Waals surface area (Å²) in [6.07, 6.45) is 0.509. The van der Waals surface area contributed by atoms with Gasteiger partial charge in [0.1, 0.15) is 5.01 Å². The van der Waals surface area contributed by atoms with Gasteiger partial charge in [0.2, 0.25) is 0 Å². The topological polar surface area (TPSA) is 62.2 Å². The van der Waals surface area contributed by atoms with Crippen molar-refractivity contribution in [2.45, 2.75) is 18.9 Å². The number of carbonyl (C=O) groups is 1. The zero-order valence-corrected chi connectivity index (χ0v) is 13.3. The molecule has 1 aliphatic rings. The average Bonchev–Trinajstić information content (AvgIpc) is 3.09. The Morgan fingerprint density at radius 2 is 2.33 bits per heavy atom. The van der Waals surface area contributed by atoms with E-state index in [1.807, 2.05) is 36.6 Å². The second-order valence-corrected chi connectivity index (χ2v) is 7.13. The monoisotopic (exact) mass is 320 g/mol. The molecule has 1 atom stereocenters. The standard InChI is InChI=1S/C15H16N2O2S2/c1-10-8-21-13(16-10)11-3-2-4-12(7-11)17-14(18)15(19)5-6-20-9-15/h2-4,7-8,19H,5-6,9H2,1H3,(H,17,18). The fourth-order valence-corrected chi connectivity index (χ4v) is 4.23. The number of nitrogens with one attached hydrogen (secondary N) is 1. The molecule has 1 aromatic heterocycles. The quantitative estimate of drug-likeness (QED) is 0.913. The third-order valence-electron chi connectivity index (χ3n) is 3.41. The molecule has 1 aromatic carbocycles. The lowest BCUT2D eigenvalue weighted by molar-refractivity contribution is -0.131. The summed E-state index contributed by atoms with van der Waals surface area (Å²) in [4.78, 5) is 16.6. The van der Waals surface area contributed by atoms with Crippen LogP contribution in [0, 0.1) is 6.92 Å². The first-order valence-corrected chi connectivity index (χ1v) is 8.74. The van der Waals surface area contributed by atoms with E-state index >= 15 is 0 Å². The van der Waals surface area contributed by atoms with Gasteiger partial charge >= 0.3 is 0 Å². The molecule has 6 heteroatoms. The zero-order valence-electron chi connectivity index (χ0n) is 11.6. The molecule has 3 rings (SSSR count). The summed E-state index contributed by atoms with van der Waals surface area (Å²) in [5.41, 5.74) is 1.41. The number of anilines is 1. The Bertz CT molecular complexity index is 663. The van der Waals surface area contributed by atoms with Crippen molar-refractivity contribution in [1.29, 1.82) is 0 Å². The van der Waals surface area contributed by atoms with E-state index < -0.39 is 5.60 Å². The SMILES string of the molecule is Cc1csc(-c2cccc(NC(=O)C3(O)CCSC3)c2)n1. The molecule has 21 heavy (non-hydrogen) atoms. The Labute approximate surface area is 131 Å². The van der Waals surface area contributed by atoms with Gasteiger partial charge in [-0.2, -0.15) is 11.8 Å². The van der Waals surface area contributed by atoms with Crippen LogP contribution in [0.25, 0.3) is 10.6 Å². The summed E-state index contributed by atoms with van der Waals surface area (Å²) in [6.45, 7) is 1.96. The van der Waals surface area contributed by atoms with Gasteiger partial charge in [0, 0.05) is 28.1 Å². The van der Waals surface area contributed by atoms with Crippen LogP contribution in [0.15, 0.2) is 29.6 Å². The third kappa shape index (κ3) is 3.12. The first kappa shape index (κ1) is 14.6. The third-order valence-corrected chi connectivity index (χ3v) is 5.59. The highest BCUT2D eigenvalue weighted by Gasteiger charge is 2.39. The number of benzene rings is 1. The number of nitrogens with zero attached hydrogens (tertiary/aromatic N) is 1. The van der Waals surface area contributed by atoms with Crippen LogP contribution in [0.4, 0.5) is 5.69 Å². The Hall–Kier alpha value is -1.37. The highest BCUT2D eigenvalue weighted by molar-refractivity contribution is 7.99. The number of aromatic nitrogens is 1. The largest absolute Gasteiger partial charge is 0.379 e. The number of carbonyl (C=O) groups excluding carboxylic acids is 1. The Balaban J connectivity index is 1.79. The van der Waals surface area contributed by atoms with Gasteiger partial charge in [-0.1, -0.05) is 12.1 Å². The number of thioether (sulfide) groups is 1. The van der Waals surface area contributed by atoms with Crippen LogP contribution in [-0.2, 0) is 4.79 Å². The summed E-state index contributed by atoms with van der Waals surface area (Å²) in [5, 5.41) is 16.0. The molecule has 1 aliphatic heterocycles. The summed E-state index contributed by atoms with van der Waals surface area (Å²) >= 11 is 3.18. The molecule has 0 radical (unpaired) electrons. The molecule has 1 fully saturated rings. The number of aryl methyl sites for hydroxylation is 1. The molecular formula is C15H16N2O2S2. The van der Waals surface area contributed by atoms with E-state index in [9.17, 15) is 9.90 Å². The van der Waals surface area contributed by atoms with Gasteiger partial charge in [-0.3, -0.25) is 4.79 Å². The number of thiazole rings is 1. The van der Waals surface area contributed by atoms with Crippen molar-refractivity contribution in [3.63, 3.8) is 0 Å². The molecule has 0 bridgehead atoms. The van der Waals surface area contributed by atoms with Crippen molar-refractivity contribution < 1.29 is 9.90 Å². The summed E-state index contributed by atoms with van der Waals surface area (Å²) in [6, 6.07) is 7.57. The molecule has 4 nitrogen and oxygen atoms in total. The number of aliphatic hydroxyl groups is 1. The van der Waals surface area contributed by atoms with Crippen LogP contribution in [-0.4, -0.2) is 33.1 Å². The van der Waals surface area contributed by atoms with Crippen LogP contribution in [0.3, 0.4) is 0 Å². The Morgan fingerprint density at radius 1 is 1.48 bits per heavy atom. The molecular weight excluding hydrogens is 304 g/mol. The second-order valence-electron chi connectivity index (χ2n) is 5.16. The van der Waals surface area contributed by atoms with Crippen LogP contribution in [0.2, 0.25) is 0 Å². The fraction of sp³-hybridized carbons (Fsp3) is 0.333. The van der Waals surface area contributed by atoms with Crippen LogP contribution in [0.1, 0.15) is 12.1 Å². The maximum Gasteiger partial charge on any atom is 0.257 e. The fourth-order valence-electron chi connectivity index (χ4n) is 2.20. The van der Waals surface area contributed by atoms with Crippen molar-refractivity contribution in [1.82, 2.24) is 4.98 Å². The molecule has 2 aromatic rings. The first-order valence-electron chi connectivity index (χ1n) is 6.71. The summed E-state index contributed by atoms with van der Waals surface area (Å²) in [5.74, 6) is 0.965. The van der Waals surface area contributed by atoms with Crippen molar-refractivity contribution in [2.24, 2.45) is 0 Å². The Morgan fingerprint density at radius 3 is 3.00 bits per heavy atom. The first-order chi connectivity index (χ1) is 10.1. The van der Waals surface area contributed by atoms with Crippen molar-refractivity contribution >= 4 is 34.7 Å². The molecule has 110 valence electrons. The minimum absolute atomic E-state index is 0.319. The van der Waals surface area contributed by atoms with E-state index in [1.165, 1.54) is 0 Å². The minimum atomic E-state index is -1.24. The lowest BCUT2D eigenvalue weighted by Crippen LogP contribution is -2.42. The highest BCUT2D eigenvalue weighted by Crippen LogP contribution is 2.30. The smallest absolute Gasteiger partial charge is 0.257 e. The number of amides is 1. The van der Waals surface area contributed by atoms with Gasteiger partial charge in [-0.05, 0) is 31.2 Å². The van der Waals surface area contributed by atoms with E-state index in [2.05, 4.69) is 10.3 Å². The van der Waals surface area contributed by atoms with Gasteiger partial charge in [-0.25, -0.2) is 4.98 Å². The maximum atomic E-state index is 12.2. The Kier molecular flexibility index (Phi) is 4.01. The highest BCUT2D eigenvalue weighted by atomic mass is 32.2. The average molecular weight is 320 g/mol. The molecule has 1 saturated heterocycles. The molecule has 0 aliphatic carbocycles. The van der Waals surface area contributed by atoms with Crippen molar-refractivity contribution in [2.75, 3.05) is 16.8 Å². The normalized spacial score (nSPS) is 21.4. The van der Waals surface area contributed by atoms with E-state index in [0.29, 0.717) is 17.9 Å². The van der Waals surface area contributed by atoms with Crippen molar-refractivity contribution in [3.05, 3.63) is 35.3 Å². The molecule has 0 spiro atoms. The lowest BCUT2D eigenvalue weighted by Gasteiger charge is -2.20. The maximum absolute atomic E-state index is 12.2. The number of rotatable bonds is 3. The van der Waals surface area contributed by atoms with Gasteiger partial charge in [0.25, 0.3) is 5.91 Å². The van der Waals surface area contributed by atoms with E-state index in [1.54, 1.807) is 23.1 Å². The number of hydrogen-bond acceptors (Lipinski definition) is 5. The van der Waals surface area contributed by atoms with Crippen LogP contribution in [0.5, 0.6) is 0 Å². The predicted octanol–water partition coefficient (Wildman–Crippen LogP) is 2.93. The van der Waals surface area contributed by atoms with Gasteiger partial charge < -0.3 is 10.4 Å². The van der Waals surface area contributed by atoms with Gasteiger partial charge in [-0.15, -0.1) is 11.3 Å². The van der Waals surface area contributed by atoms with E-state index in [0.717, 1.165) is 22.0 Å². The lowest BCUT2D eigenvalue weighted by atomic mass is 10.0. The van der Waals surface area contributed by atoms with E-state index in [4.69, 9.17) is 0 Å². The van der Waals surface area contributed by atoms with Crippen LogP contribution < -0.4 is 5.32 Å². The zero-order chi connectivity index (χ0) is 14.9. The molecule has 2 heterocycles.